The lowest BCUT2D eigenvalue weighted by atomic mass is 9.95. The lowest BCUT2D eigenvalue weighted by Crippen LogP contribution is -2.10. The van der Waals surface area contributed by atoms with Gasteiger partial charge in [-0.25, -0.2) is 0 Å². The molecular formula is C52H37N. The minimum Gasteiger partial charge on any atom is -0.310 e. The summed E-state index contributed by atoms with van der Waals surface area (Å²) >= 11 is 0. The van der Waals surface area contributed by atoms with Gasteiger partial charge in [0.1, 0.15) is 0 Å². The zero-order valence-electron chi connectivity index (χ0n) is 29.3. The molecule has 1 nitrogen and oxygen atoms in total. The van der Waals surface area contributed by atoms with Gasteiger partial charge in [0.15, 0.2) is 0 Å². The Morgan fingerprint density at radius 2 is 0.623 bits per heavy atom. The number of fused-ring (bicyclic) bond motifs is 1. The first-order valence-corrected chi connectivity index (χ1v) is 18.2. The van der Waals surface area contributed by atoms with Crippen LogP contribution in [0.2, 0.25) is 0 Å². The smallest absolute Gasteiger partial charge is 0.0473 e. The Hall–Kier alpha value is -6.96. The van der Waals surface area contributed by atoms with Crippen molar-refractivity contribution in [2.24, 2.45) is 0 Å². The minimum absolute atomic E-state index is 1.09. The molecule has 0 aliphatic rings. The fourth-order valence-corrected chi connectivity index (χ4v) is 7.36. The minimum atomic E-state index is 1.09. The maximum absolute atomic E-state index is 2.38. The largest absolute Gasteiger partial charge is 0.310 e. The standard InChI is InChI=1S/C52H37N/c1-4-14-38(15-5-1)41-26-30-48(31-27-41)53(50-36-46(39-16-6-2-7-17-39)35-47(37-50)40-18-8-3-9-19-40)49-32-28-42(29-33-49)44-22-12-23-45(34-44)52-25-13-21-43-20-10-11-24-51(43)52/h1-37H. The lowest BCUT2D eigenvalue weighted by Gasteiger charge is -2.27. The van der Waals surface area contributed by atoms with E-state index < -0.39 is 0 Å². The molecule has 0 saturated heterocycles. The van der Waals surface area contributed by atoms with E-state index in [0.29, 0.717) is 0 Å². The Kier molecular flexibility index (Phi) is 8.66. The summed E-state index contributed by atoms with van der Waals surface area (Å²) in [6.45, 7) is 0. The zero-order chi connectivity index (χ0) is 35.4. The maximum Gasteiger partial charge on any atom is 0.0473 e. The van der Waals surface area contributed by atoms with Gasteiger partial charge >= 0.3 is 0 Å². The highest BCUT2D eigenvalue weighted by molar-refractivity contribution is 5.97. The van der Waals surface area contributed by atoms with Crippen molar-refractivity contribution in [2.45, 2.75) is 0 Å². The number of benzene rings is 9. The monoisotopic (exact) mass is 675 g/mol. The summed E-state index contributed by atoms with van der Waals surface area (Å²) < 4.78 is 0. The van der Waals surface area contributed by atoms with E-state index in [1.165, 1.54) is 66.4 Å². The normalized spacial score (nSPS) is 11.0. The van der Waals surface area contributed by atoms with Crippen molar-refractivity contribution >= 4 is 27.8 Å². The summed E-state index contributed by atoms with van der Waals surface area (Å²) in [5.74, 6) is 0. The molecule has 0 radical (unpaired) electrons. The molecule has 53 heavy (non-hydrogen) atoms. The molecule has 0 atom stereocenters. The first kappa shape index (κ1) is 32.0. The third-order valence-corrected chi connectivity index (χ3v) is 10.0. The van der Waals surface area contributed by atoms with Gasteiger partial charge in [-0.3, -0.25) is 0 Å². The van der Waals surface area contributed by atoms with Crippen LogP contribution in [0.15, 0.2) is 224 Å². The van der Waals surface area contributed by atoms with Gasteiger partial charge < -0.3 is 4.90 Å². The van der Waals surface area contributed by atoms with Crippen molar-refractivity contribution in [1.29, 1.82) is 0 Å². The van der Waals surface area contributed by atoms with Crippen molar-refractivity contribution in [2.75, 3.05) is 4.90 Å². The molecule has 9 rings (SSSR count). The highest BCUT2D eigenvalue weighted by Gasteiger charge is 2.17. The van der Waals surface area contributed by atoms with E-state index in [9.17, 15) is 0 Å². The van der Waals surface area contributed by atoms with Gasteiger partial charge in [-0.1, -0.05) is 176 Å². The van der Waals surface area contributed by atoms with E-state index in [4.69, 9.17) is 0 Å². The SMILES string of the molecule is c1ccc(-c2ccc(N(c3ccc(-c4cccc(-c5cccc6ccccc56)c4)cc3)c3cc(-c4ccccc4)cc(-c4ccccc4)c3)cc2)cc1. The molecule has 0 unspecified atom stereocenters. The molecule has 0 aromatic heterocycles. The molecule has 0 amide bonds. The molecule has 0 bridgehead atoms. The van der Waals surface area contributed by atoms with Gasteiger partial charge in [-0.15, -0.1) is 0 Å². The molecule has 1 heteroatoms. The first-order chi connectivity index (χ1) is 26.3. The van der Waals surface area contributed by atoms with Crippen LogP contribution in [0.4, 0.5) is 17.1 Å². The Morgan fingerprint density at radius 3 is 1.21 bits per heavy atom. The fraction of sp³-hybridized carbons (Fsp3) is 0. The molecule has 0 N–H and O–H groups in total. The van der Waals surface area contributed by atoms with Crippen LogP contribution in [0.25, 0.3) is 66.4 Å². The van der Waals surface area contributed by atoms with Crippen LogP contribution in [-0.4, -0.2) is 0 Å². The molecular weight excluding hydrogens is 639 g/mol. The Bertz CT molecular complexity index is 2560. The van der Waals surface area contributed by atoms with Gasteiger partial charge in [-0.05, 0) is 115 Å². The van der Waals surface area contributed by atoms with Crippen molar-refractivity contribution in [3.05, 3.63) is 224 Å². The van der Waals surface area contributed by atoms with Crippen LogP contribution in [0.1, 0.15) is 0 Å². The second-order valence-electron chi connectivity index (χ2n) is 13.4. The molecule has 0 heterocycles. The van der Waals surface area contributed by atoms with Crippen molar-refractivity contribution in [3.63, 3.8) is 0 Å². The predicted molar refractivity (Wildman–Crippen MR) is 226 cm³/mol. The van der Waals surface area contributed by atoms with Crippen molar-refractivity contribution in [3.8, 4) is 55.6 Å². The number of anilines is 3. The molecule has 0 spiro atoms. The fourth-order valence-electron chi connectivity index (χ4n) is 7.36. The van der Waals surface area contributed by atoms with Crippen LogP contribution >= 0.6 is 0 Å². The zero-order valence-corrected chi connectivity index (χ0v) is 29.3. The van der Waals surface area contributed by atoms with Crippen LogP contribution < -0.4 is 4.90 Å². The van der Waals surface area contributed by atoms with Gasteiger partial charge in [0.25, 0.3) is 0 Å². The summed E-state index contributed by atoms with van der Waals surface area (Å²) in [4.78, 5) is 2.38. The summed E-state index contributed by atoms with van der Waals surface area (Å²) in [7, 11) is 0. The predicted octanol–water partition coefficient (Wildman–Crippen LogP) is 14.6. The quantitative estimate of drug-likeness (QED) is 0.155. The van der Waals surface area contributed by atoms with E-state index >= 15 is 0 Å². The van der Waals surface area contributed by atoms with Crippen LogP contribution in [-0.2, 0) is 0 Å². The molecule has 250 valence electrons. The summed E-state index contributed by atoms with van der Waals surface area (Å²) in [5.41, 5.74) is 15.3. The number of hydrogen-bond acceptors (Lipinski definition) is 1. The van der Waals surface area contributed by atoms with E-state index in [2.05, 4.69) is 229 Å². The summed E-state index contributed by atoms with van der Waals surface area (Å²) in [6.07, 6.45) is 0. The van der Waals surface area contributed by atoms with E-state index in [1.807, 2.05) is 0 Å². The van der Waals surface area contributed by atoms with Crippen molar-refractivity contribution in [1.82, 2.24) is 0 Å². The molecule has 0 fully saturated rings. The number of nitrogens with zero attached hydrogens (tertiary/aromatic N) is 1. The topological polar surface area (TPSA) is 3.24 Å². The highest BCUT2D eigenvalue weighted by atomic mass is 15.1. The van der Waals surface area contributed by atoms with E-state index in [1.54, 1.807) is 0 Å². The second-order valence-corrected chi connectivity index (χ2v) is 13.4. The molecule has 0 aliphatic heterocycles. The third-order valence-electron chi connectivity index (χ3n) is 10.0. The van der Waals surface area contributed by atoms with Gasteiger partial charge in [-0.2, -0.15) is 0 Å². The average Bonchev–Trinajstić information content (AvgIpc) is 3.25. The van der Waals surface area contributed by atoms with E-state index in [0.717, 1.165) is 17.1 Å². The lowest BCUT2D eigenvalue weighted by molar-refractivity contribution is 1.28. The summed E-state index contributed by atoms with van der Waals surface area (Å²) in [6, 6.07) is 80.8. The number of rotatable bonds is 8. The Labute approximate surface area is 311 Å². The second kappa shape index (κ2) is 14.3. The van der Waals surface area contributed by atoms with Crippen LogP contribution in [0.5, 0.6) is 0 Å². The van der Waals surface area contributed by atoms with Crippen molar-refractivity contribution < 1.29 is 0 Å². The van der Waals surface area contributed by atoms with Gasteiger partial charge in [0.2, 0.25) is 0 Å². The van der Waals surface area contributed by atoms with Gasteiger partial charge in [0.05, 0.1) is 0 Å². The van der Waals surface area contributed by atoms with Crippen LogP contribution in [0, 0.1) is 0 Å². The van der Waals surface area contributed by atoms with Gasteiger partial charge in [0, 0.05) is 17.1 Å². The molecule has 0 saturated carbocycles. The Morgan fingerprint density at radius 1 is 0.226 bits per heavy atom. The maximum atomic E-state index is 2.38. The van der Waals surface area contributed by atoms with E-state index in [-0.39, 0.29) is 0 Å². The van der Waals surface area contributed by atoms with Crippen LogP contribution in [0.3, 0.4) is 0 Å². The first-order valence-electron chi connectivity index (χ1n) is 18.2. The number of hydrogen-bond donors (Lipinski definition) is 0. The molecule has 9 aromatic rings. The molecule has 0 aliphatic carbocycles. The average molecular weight is 676 g/mol. The third kappa shape index (κ3) is 6.65. The molecule has 9 aromatic carbocycles. The Balaban J connectivity index is 1.15. The highest BCUT2D eigenvalue weighted by Crippen LogP contribution is 2.41. The summed E-state index contributed by atoms with van der Waals surface area (Å²) in [5, 5.41) is 2.52.